The molecule has 35 heavy (non-hydrogen) atoms. The van der Waals surface area contributed by atoms with Crippen molar-refractivity contribution in [2.75, 3.05) is 36.4 Å². The second-order valence-electron chi connectivity index (χ2n) is 8.35. The number of aryl methyl sites for hydroxylation is 2. The van der Waals surface area contributed by atoms with E-state index in [9.17, 15) is 9.18 Å². The van der Waals surface area contributed by atoms with Gasteiger partial charge in [-0.15, -0.1) is 10.2 Å². The third-order valence-electron chi connectivity index (χ3n) is 5.68. The molecule has 0 bridgehead atoms. The Morgan fingerprint density at radius 3 is 2.37 bits per heavy atom. The van der Waals surface area contributed by atoms with Gasteiger partial charge in [0.1, 0.15) is 11.6 Å². The maximum absolute atomic E-state index is 13.1. The highest BCUT2D eigenvalue weighted by atomic mass is 19.1. The Labute approximate surface area is 201 Å². The van der Waals surface area contributed by atoms with Crippen LogP contribution >= 0.6 is 0 Å². The van der Waals surface area contributed by atoms with Crippen LogP contribution in [-0.4, -0.2) is 67.3 Å². The van der Waals surface area contributed by atoms with Crippen molar-refractivity contribution >= 4 is 23.5 Å². The summed E-state index contributed by atoms with van der Waals surface area (Å²) in [5, 5.41) is 18.5. The standard InChI is InChI=1S/C24H24FN9O/c1-15-13-21(27-22-14-16(2)29-32-22)28-24(26-15)34-11-9-33(10-12-34)23(35)20-8-7-19(30-31-20)17-3-5-18(25)6-4-17/h3-8,13-14H,9-12H2,1-2H3,(H2,26,27,28,29,32). The molecule has 10 nitrogen and oxygen atoms in total. The number of benzene rings is 1. The molecule has 1 fully saturated rings. The maximum atomic E-state index is 13.1. The van der Waals surface area contributed by atoms with E-state index in [1.165, 1.54) is 12.1 Å². The van der Waals surface area contributed by atoms with E-state index in [2.05, 4.69) is 40.6 Å². The molecule has 3 aromatic heterocycles. The Balaban J connectivity index is 1.22. The van der Waals surface area contributed by atoms with Gasteiger partial charge in [0.2, 0.25) is 5.95 Å². The minimum Gasteiger partial charge on any atom is -0.337 e. The highest BCUT2D eigenvalue weighted by Gasteiger charge is 2.25. The molecule has 1 aromatic carbocycles. The lowest BCUT2D eigenvalue weighted by Crippen LogP contribution is -2.49. The maximum Gasteiger partial charge on any atom is 0.274 e. The molecule has 1 saturated heterocycles. The average Bonchev–Trinajstić information content (AvgIpc) is 3.28. The van der Waals surface area contributed by atoms with E-state index in [0.717, 1.165) is 17.0 Å². The number of piperazine rings is 1. The van der Waals surface area contributed by atoms with Gasteiger partial charge in [-0.2, -0.15) is 10.1 Å². The van der Waals surface area contributed by atoms with Crippen molar-refractivity contribution in [1.82, 2.24) is 35.3 Å². The monoisotopic (exact) mass is 473 g/mol. The van der Waals surface area contributed by atoms with Gasteiger partial charge in [-0.25, -0.2) is 9.37 Å². The van der Waals surface area contributed by atoms with Crippen LogP contribution in [0.5, 0.6) is 0 Å². The fourth-order valence-corrected chi connectivity index (χ4v) is 3.86. The Morgan fingerprint density at radius 1 is 0.943 bits per heavy atom. The SMILES string of the molecule is Cc1cc(Nc2cc(C)[nH]n2)nc(N2CCN(C(=O)c3ccc(-c4ccc(F)cc4)nn3)CC2)n1. The largest absolute Gasteiger partial charge is 0.337 e. The first-order valence-corrected chi connectivity index (χ1v) is 11.2. The summed E-state index contributed by atoms with van der Waals surface area (Å²) in [5.74, 6) is 1.46. The summed E-state index contributed by atoms with van der Waals surface area (Å²) in [7, 11) is 0. The zero-order chi connectivity index (χ0) is 24.4. The summed E-state index contributed by atoms with van der Waals surface area (Å²) in [5.41, 5.74) is 3.38. The number of rotatable bonds is 5. The number of halogens is 1. The van der Waals surface area contributed by atoms with E-state index in [0.29, 0.717) is 49.5 Å². The Bertz CT molecular complexity index is 1330. The highest BCUT2D eigenvalue weighted by molar-refractivity contribution is 5.92. The van der Waals surface area contributed by atoms with Crippen LogP contribution < -0.4 is 10.2 Å². The van der Waals surface area contributed by atoms with Gasteiger partial charge in [0.05, 0.1) is 5.69 Å². The fraction of sp³-hybridized carbons (Fsp3) is 0.250. The van der Waals surface area contributed by atoms with Crippen LogP contribution in [0.25, 0.3) is 11.3 Å². The highest BCUT2D eigenvalue weighted by Crippen LogP contribution is 2.20. The second-order valence-corrected chi connectivity index (χ2v) is 8.35. The molecule has 11 heteroatoms. The van der Waals surface area contributed by atoms with Crippen molar-refractivity contribution in [3.8, 4) is 11.3 Å². The number of hydrogen-bond donors (Lipinski definition) is 2. The Morgan fingerprint density at radius 2 is 1.71 bits per heavy atom. The number of aromatic nitrogens is 6. The van der Waals surface area contributed by atoms with Crippen molar-refractivity contribution in [2.45, 2.75) is 13.8 Å². The first-order chi connectivity index (χ1) is 16.9. The van der Waals surface area contributed by atoms with Gasteiger partial charge < -0.3 is 15.1 Å². The molecule has 4 aromatic rings. The van der Waals surface area contributed by atoms with Gasteiger partial charge in [0.25, 0.3) is 5.91 Å². The van der Waals surface area contributed by atoms with Crippen molar-refractivity contribution in [3.05, 3.63) is 71.4 Å². The van der Waals surface area contributed by atoms with Crippen LogP contribution in [0.15, 0.2) is 48.5 Å². The summed E-state index contributed by atoms with van der Waals surface area (Å²) < 4.78 is 13.1. The van der Waals surface area contributed by atoms with Crippen LogP contribution in [0.1, 0.15) is 21.9 Å². The van der Waals surface area contributed by atoms with Crippen molar-refractivity contribution in [1.29, 1.82) is 0 Å². The summed E-state index contributed by atoms with van der Waals surface area (Å²) in [4.78, 5) is 26.0. The second kappa shape index (κ2) is 9.45. The van der Waals surface area contributed by atoms with Crippen LogP contribution in [0.4, 0.5) is 22.0 Å². The summed E-state index contributed by atoms with van der Waals surface area (Å²) >= 11 is 0. The molecule has 1 amide bonds. The summed E-state index contributed by atoms with van der Waals surface area (Å²) in [6.45, 7) is 6.06. The van der Waals surface area contributed by atoms with E-state index in [1.807, 2.05) is 26.0 Å². The lowest BCUT2D eigenvalue weighted by Gasteiger charge is -2.34. The molecule has 1 aliphatic rings. The molecule has 0 spiro atoms. The molecule has 2 N–H and O–H groups in total. The van der Waals surface area contributed by atoms with E-state index < -0.39 is 0 Å². The minimum absolute atomic E-state index is 0.177. The van der Waals surface area contributed by atoms with Gasteiger partial charge >= 0.3 is 0 Å². The Kier molecular flexibility index (Phi) is 6.04. The van der Waals surface area contributed by atoms with Gasteiger partial charge in [-0.05, 0) is 50.2 Å². The third kappa shape index (κ3) is 5.08. The van der Waals surface area contributed by atoms with Crippen molar-refractivity contribution in [3.63, 3.8) is 0 Å². The topological polar surface area (TPSA) is 116 Å². The zero-order valence-corrected chi connectivity index (χ0v) is 19.4. The molecular formula is C24H24FN9O. The summed E-state index contributed by atoms with van der Waals surface area (Å²) in [6, 6.07) is 13.1. The van der Waals surface area contributed by atoms with E-state index >= 15 is 0 Å². The molecule has 5 rings (SSSR count). The van der Waals surface area contributed by atoms with Crippen LogP contribution in [0, 0.1) is 19.7 Å². The molecule has 0 aliphatic carbocycles. The van der Waals surface area contributed by atoms with Crippen molar-refractivity contribution in [2.24, 2.45) is 0 Å². The quantitative estimate of drug-likeness (QED) is 0.454. The number of H-pyrrole nitrogens is 1. The number of aromatic amines is 1. The molecule has 4 heterocycles. The molecule has 178 valence electrons. The number of amides is 1. The average molecular weight is 474 g/mol. The first kappa shape index (κ1) is 22.4. The number of nitrogens with zero attached hydrogens (tertiary/aromatic N) is 7. The lowest BCUT2D eigenvalue weighted by atomic mass is 10.1. The van der Waals surface area contributed by atoms with Crippen LogP contribution in [0.3, 0.4) is 0 Å². The predicted molar refractivity (Wildman–Crippen MR) is 129 cm³/mol. The molecule has 0 atom stereocenters. The van der Waals surface area contributed by atoms with Crippen LogP contribution in [0.2, 0.25) is 0 Å². The Hall–Kier alpha value is -4.41. The van der Waals surface area contributed by atoms with E-state index in [1.54, 1.807) is 29.2 Å². The molecule has 0 unspecified atom stereocenters. The zero-order valence-electron chi connectivity index (χ0n) is 19.4. The molecule has 0 saturated carbocycles. The summed E-state index contributed by atoms with van der Waals surface area (Å²) in [6.07, 6.45) is 0. The van der Waals surface area contributed by atoms with E-state index in [-0.39, 0.29) is 17.4 Å². The number of carbonyl (C=O) groups excluding carboxylic acids is 1. The molecule has 0 radical (unpaired) electrons. The van der Waals surface area contributed by atoms with Gasteiger partial charge in [0, 0.05) is 55.3 Å². The number of nitrogens with one attached hydrogen (secondary N) is 2. The fourth-order valence-electron chi connectivity index (χ4n) is 3.86. The lowest BCUT2D eigenvalue weighted by molar-refractivity contribution is 0.0739. The predicted octanol–water partition coefficient (Wildman–Crippen LogP) is 3.12. The third-order valence-corrected chi connectivity index (χ3v) is 5.68. The van der Waals surface area contributed by atoms with Gasteiger partial charge in [0.15, 0.2) is 11.5 Å². The number of carbonyl (C=O) groups is 1. The first-order valence-electron chi connectivity index (χ1n) is 11.2. The normalized spacial score (nSPS) is 13.7. The van der Waals surface area contributed by atoms with Crippen LogP contribution in [-0.2, 0) is 0 Å². The number of anilines is 3. The van der Waals surface area contributed by atoms with Gasteiger partial charge in [-0.1, -0.05) is 0 Å². The smallest absolute Gasteiger partial charge is 0.274 e. The molecular weight excluding hydrogens is 449 g/mol. The van der Waals surface area contributed by atoms with Crippen molar-refractivity contribution < 1.29 is 9.18 Å². The number of hydrogen-bond acceptors (Lipinski definition) is 8. The molecule has 1 aliphatic heterocycles. The minimum atomic E-state index is -0.316. The van der Waals surface area contributed by atoms with Gasteiger partial charge in [-0.3, -0.25) is 9.89 Å². The van der Waals surface area contributed by atoms with E-state index in [4.69, 9.17) is 0 Å².